The summed E-state index contributed by atoms with van der Waals surface area (Å²) in [6.45, 7) is 0.238. The molecule has 0 amide bonds. The molecule has 0 spiro atoms. The first-order valence-electron chi connectivity index (χ1n) is 4.78. The third kappa shape index (κ3) is 5.38. The molecule has 0 saturated heterocycles. The Morgan fingerprint density at radius 2 is 1.53 bits per heavy atom. The number of hydrogen-bond acceptors (Lipinski definition) is 7. The van der Waals surface area contributed by atoms with E-state index in [1.165, 1.54) is 0 Å². The monoisotopic (exact) mass is 224 g/mol. The van der Waals surface area contributed by atoms with Gasteiger partial charge in [0.05, 0.1) is 12.7 Å². The van der Waals surface area contributed by atoms with Gasteiger partial charge in [0.25, 0.3) is 0 Å². The van der Waals surface area contributed by atoms with Gasteiger partial charge in [0.15, 0.2) is 0 Å². The number of nitrogens with one attached hydrogen (secondary N) is 1. The second-order valence-corrected chi connectivity index (χ2v) is 3.29. The smallest absolute Gasteiger partial charge is 0.111 e. The van der Waals surface area contributed by atoms with Gasteiger partial charge in [-0.15, -0.1) is 0 Å². The molecule has 0 aromatic rings. The van der Waals surface area contributed by atoms with Crippen molar-refractivity contribution in [3.63, 3.8) is 0 Å². The molecular formula is C8H20N2O5. The minimum absolute atomic E-state index is 0.0492. The van der Waals surface area contributed by atoms with Crippen LogP contribution in [0.1, 0.15) is 0 Å². The van der Waals surface area contributed by atoms with Crippen molar-refractivity contribution < 1.29 is 25.5 Å². The lowest BCUT2D eigenvalue weighted by Gasteiger charge is -2.25. The fourth-order valence-corrected chi connectivity index (χ4v) is 1.04. The van der Waals surface area contributed by atoms with Crippen molar-refractivity contribution in [3.05, 3.63) is 0 Å². The van der Waals surface area contributed by atoms with Crippen LogP contribution in [-0.4, -0.2) is 76.2 Å². The Morgan fingerprint density at radius 3 is 2.00 bits per heavy atom. The maximum Gasteiger partial charge on any atom is 0.111 e. The zero-order chi connectivity index (χ0) is 11.8. The highest BCUT2D eigenvalue weighted by molar-refractivity contribution is 4.81. The Morgan fingerprint density at radius 1 is 1.00 bits per heavy atom. The average Bonchev–Trinajstić information content (AvgIpc) is 2.26. The van der Waals surface area contributed by atoms with E-state index in [1.54, 1.807) is 0 Å². The molecular weight excluding hydrogens is 204 g/mol. The molecule has 4 unspecified atom stereocenters. The number of nitrogens with two attached hydrogens (primary N) is 1. The van der Waals surface area contributed by atoms with Crippen molar-refractivity contribution in [2.75, 3.05) is 26.2 Å². The molecule has 0 bridgehead atoms. The van der Waals surface area contributed by atoms with Crippen LogP contribution in [0, 0.1) is 0 Å². The van der Waals surface area contributed by atoms with E-state index >= 15 is 0 Å². The first kappa shape index (κ1) is 14.7. The largest absolute Gasteiger partial charge is 0.394 e. The van der Waals surface area contributed by atoms with Crippen molar-refractivity contribution in [2.45, 2.75) is 24.4 Å². The fraction of sp³-hybridized carbons (Fsp3) is 1.00. The van der Waals surface area contributed by atoms with Gasteiger partial charge >= 0.3 is 0 Å². The van der Waals surface area contributed by atoms with Gasteiger partial charge in [0.1, 0.15) is 18.3 Å². The van der Waals surface area contributed by atoms with Crippen molar-refractivity contribution in [2.24, 2.45) is 5.73 Å². The first-order valence-corrected chi connectivity index (χ1v) is 4.78. The summed E-state index contributed by atoms with van der Waals surface area (Å²) >= 11 is 0. The molecule has 0 aliphatic carbocycles. The Labute approximate surface area is 88.2 Å². The number of rotatable bonds is 8. The predicted molar refractivity (Wildman–Crippen MR) is 53.0 cm³/mol. The van der Waals surface area contributed by atoms with E-state index in [0.717, 1.165) is 0 Å². The fourth-order valence-electron chi connectivity index (χ4n) is 1.04. The normalized spacial score (nSPS) is 19.6. The molecule has 0 aliphatic rings. The maximum absolute atomic E-state index is 9.35. The number of hydrogen-bond donors (Lipinski definition) is 7. The van der Waals surface area contributed by atoms with Gasteiger partial charge in [-0.25, -0.2) is 0 Å². The Hall–Kier alpha value is -0.280. The highest BCUT2D eigenvalue weighted by Gasteiger charge is 2.29. The summed E-state index contributed by atoms with van der Waals surface area (Å²) in [7, 11) is 0. The maximum atomic E-state index is 9.35. The zero-order valence-corrected chi connectivity index (χ0v) is 8.45. The number of aliphatic hydroxyl groups excluding tert-OH is 5. The quantitative estimate of drug-likeness (QED) is 0.208. The van der Waals surface area contributed by atoms with E-state index in [1.807, 2.05) is 0 Å². The zero-order valence-electron chi connectivity index (χ0n) is 8.45. The van der Waals surface area contributed by atoms with E-state index in [4.69, 9.17) is 15.9 Å². The molecule has 4 atom stereocenters. The molecule has 0 aromatic heterocycles. The molecule has 0 rings (SSSR count). The molecule has 7 heteroatoms. The van der Waals surface area contributed by atoms with Crippen LogP contribution in [0.15, 0.2) is 0 Å². The van der Waals surface area contributed by atoms with Gasteiger partial charge in [0, 0.05) is 19.6 Å². The molecule has 0 fully saturated rings. The Balaban J connectivity index is 3.90. The van der Waals surface area contributed by atoms with Crippen molar-refractivity contribution in [1.82, 2.24) is 5.32 Å². The van der Waals surface area contributed by atoms with E-state index in [-0.39, 0.29) is 6.54 Å². The second-order valence-electron chi connectivity index (χ2n) is 3.29. The van der Waals surface area contributed by atoms with Gasteiger partial charge in [-0.3, -0.25) is 0 Å². The van der Waals surface area contributed by atoms with Gasteiger partial charge in [-0.1, -0.05) is 0 Å². The summed E-state index contributed by atoms with van der Waals surface area (Å²) in [6.07, 6.45) is -5.79. The van der Waals surface area contributed by atoms with E-state index < -0.39 is 31.0 Å². The molecule has 92 valence electrons. The van der Waals surface area contributed by atoms with E-state index in [9.17, 15) is 15.3 Å². The molecule has 0 heterocycles. The van der Waals surface area contributed by atoms with Crippen LogP contribution in [0.3, 0.4) is 0 Å². The van der Waals surface area contributed by atoms with Gasteiger partial charge in [-0.05, 0) is 0 Å². The summed E-state index contributed by atoms with van der Waals surface area (Å²) in [5.41, 5.74) is 5.19. The van der Waals surface area contributed by atoms with Crippen LogP contribution < -0.4 is 11.1 Å². The summed E-state index contributed by atoms with van der Waals surface area (Å²) in [6, 6.07) is 0. The Bertz CT molecular complexity index is 160. The molecule has 0 aliphatic heterocycles. The molecule has 0 saturated carbocycles. The summed E-state index contributed by atoms with van der Waals surface area (Å²) in [4.78, 5) is 0. The molecule has 0 aromatic carbocycles. The SMILES string of the molecule is NCCNCC(O)C(O)C(O)C(O)CO. The topological polar surface area (TPSA) is 139 Å². The van der Waals surface area contributed by atoms with Crippen molar-refractivity contribution in [1.29, 1.82) is 0 Å². The highest BCUT2D eigenvalue weighted by atomic mass is 16.4. The van der Waals surface area contributed by atoms with Crippen LogP contribution in [0.4, 0.5) is 0 Å². The predicted octanol–water partition coefficient (Wildman–Crippen LogP) is -4.03. The minimum Gasteiger partial charge on any atom is -0.394 e. The average molecular weight is 224 g/mol. The van der Waals surface area contributed by atoms with Crippen LogP contribution in [-0.2, 0) is 0 Å². The standard InChI is InChI=1S/C8H20N2O5/c9-1-2-10-3-5(12)7(14)8(15)6(13)4-11/h5-8,10-15H,1-4,9H2. The lowest BCUT2D eigenvalue weighted by molar-refractivity contribution is -0.113. The molecule has 7 nitrogen and oxygen atoms in total. The first-order chi connectivity index (χ1) is 7.04. The van der Waals surface area contributed by atoms with Gasteiger partial charge < -0.3 is 36.6 Å². The minimum atomic E-state index is -1.58. The Kier molecular flexibility index (Phi) is 7.79. The van der Waals surface area contributed by atoms with Crippen LogP contribution in [0.25, 0.3) is 0 Å². The third-order valence-corrected chi connectivity index (χ3v) is 2.00. The van der Waals surface area contributed by atoms with Crippen LogP contribution in [0.2, 0.25) is 0 Å². The van der Waals surface area contributed by atoms with Gasteiger partial charge in [0.2, 0.25) is 0 Å². The highest BCUT2D eigenvalue weighted by Crippen LogP contribution is 2.04. The van der Waals surface area contributed by atoms with Crippen LogP contribution in [0.5, 0.6) is 0 Å². The second kappa shape index (κ2) is 7.94. The van der Waals surface area contributed by atoms with Gasteiger partial charge in [-0.2, -0.15) is 0 Å². The third-order valence-electron chi connectivity index (χ3n) is 2.00. The van der Waals surface area contributed by atoms with Crippen molar-refractivity contribution in [3.8, 4) is 0 Å². The molecule has 15 heavy (non-hydrogen) atoms. The molecule has 8 N–H and O–H groups in total. The van der Waals surface area contributed by atoms with Crippen LogP contribution >= 0.6 is 0 Å². The summed E-state index contributed by atoms with van der Waals surface area (Å²) < 4.78 is 0. The lowest BCUT2D eigenvalue weighted by Crippen LogP contribution is -2.49. The molecule has 0 radical (unpaired) electrons. The summed E-state index contributed by atoms with van der Waals surface area (Å²) in [5.74, 6) is 0. The lowest BCUT2D eigenvalue weighted by atomic mass is 10.0. The van der Waals surface area contributed by atoms with E-state index in [0.29, 0.717) is 13.1 Å². The van der Waals surface area contributed by atoms with Crippen molar-refractivity contribution >= 4 is 0 Å². The van der Waals surface area contributed by atoms with E-state index in [2.05, 4.69) is 5.32 Å². The number of aliphatic hydroxyl groups is 5. The summed E-state index contributed by atoms with van der Waals surface area (Å²) in [5, 5.41) is 48.2.